The summed E-state index contributed by atoms with van der Waals surface area (Å²) in [6.07, 6.45) is -7.50. The maximum absolute atomic E-state index is 12.7. The van der Waals surface area contributed by atoms with Crippen LogP contribution in [-0.4, -0.2) is 105 Å². The molecule has 0 aromatic carbocycles. The number of aliphatic hydroxyl groups excluding tert-OH is 3. The lowest BCUT2D eigenvalue weighted by atomic mass is 10.0. The zero-order valence-corrected chi connectivity index (χ0v) is 20.5. The molecular formula is C22H31N5O11. The van der Waals surface area contributed by atoms with E-state index in [-0.39, 0.29) is 5.76 Å². The molecule has 0 bridgehead atoms. The quantitative estimate of drug-likeness (QED) is 0.186. The number of ether oxygens (including phenoxy) is 4. The van der Waals surface area contributed by atoms with Gasteiger partial charge < -0.3 is 40.0 Å². The van der Waals surface area contributed by atoms with Gasteiger partial charge in [0.2, 0.25) is 12.2 Å². The van der Waals surface area contributed by atoms with Crippen LogP contribution in [0, 0.1) is 0 Å². The number of H-pyrrole nitrogens is 1. The molecule has 4 rings (SSSR count). The minimum absolute atomic E-state index is 0.352. The second-order valence-electron chi connectivity index (χ2n) is 9.15. The molecule has 2 fully saturated rings. The first-order valence-corrected chi connectivity index (χ1v) is 12.0. The van der Waals surface area contributed by atoms with E-state index in [4.69, 9.17) is 24.7 Å². The molecule has 0 saturated carbocycles. The van der Waals surface area contributed by atoms with Crippen LogP contribution in [-0.2, 0) is 28.5 Å². The van der Waals surface area contributed by atoms with Gasteiger partial charge in [-0.05, 0) is 18.9 Å². The van der Waals surface area contributed by atoms with Gasteiger partial charge in [0.05, 0.1) is 0 Å². The highest BCUT2D eigenvalue weighted by Crippen LogP contribution is 2.34. The Hall–Kier alpha value is -3.12. The lowest BCUT2D eigenvalue weighted by Gasteiger charge is -2.35. The Morgan fingerprint density at radius 2 is 1.89 bits per heavy atom. The highest BCUT2D eigenvalue weighted by atomic mass is 16.7. The number of aliphatic hydroxyl groups is 3. The van der Waals surface area contributed by atoms with E-state index in [1.807, 2.05) is 4.98 Å². The number of methoxy groups -OCH3 is 1. The molecule has 16 nitrogen and oxygen atoms in total. The van der Waals surface area contributed by atoms with Crippen LogP contribution in [0.2, 0.25) is 0 Å². The molecule has 6 unspecified atom stereocenters. The topological polar surface area (TPSA) is 228 Å². The SMILES string of the molecule is COC1C(O)C(n2ccc(=O)[nH]c2=O)O[C@@H]1C(O[C@H]1OC(C(=O)NN2CCCCC2)=CC(O)C1O)C(N)=O. The van der Waals surface area contributed by atoms with Crippen LogP contribution in [0.4, 0.5) is 0 Å². The molecule has 2 amide bonds. The molecule has 0 radical (unpaired) electrons. The van der Waals surface area contributed by atoms with Gasteiger partial charge in [-0.2, -0.15) is 0 Å². The summed E-state index contributed by atoms with van der Waals surface area (Å²) in [6, 6.07) is 1.03. The second kappa shape index (κ2) is 11.7. The van der Waals surface area contributed by atoms with Crippen molar-refractivity contribution >= 4 is 11.8 Å². The Labute approximate surface area is 215 Å². The highest BCUT2D eigenvalue weighted by molar-refractivity contribution is 5.91. The summed E-state index contributed by atoms with van der Waals surface area (Å²) in [4.78, 5) is 50.8. The maximum Gasteiger partial charge on any atom is 0.330 e. The molecule has 1 aromatic rings. The number of hydrogen-bond donors (Lipinski definition) is 6. The van der Waals surface area contributed by atoms with E-state index in [1.54, 1.807) is 5.01 Å². The Kier molecular flexibility index (Phi) is 8.61. The summed E-state index contributed by atoms with van der Waals surface area (Å²) in [6.45, 7) is 1.26. The summed E-state index contributed by atoms with van der Waals surface area (Å²) in [5.74, 6) is -2.16. The number of nitrogens with zero attached hydrogens (tertiary/aromatic N) is 2. The predicted molar refractivity (Wildman–Crippen MR) is 125 cm³/mol. The standard InChI is InChI=1S/C22H31N5O11/c1-35-15-14(31)20(27-8-5-12(29)24-22(27)34)37-16(15)17(18(23)32)38-21-13(30)10(28)9-11(36-21)19(33)25-26-6-3-2-4-7-26/h5,8-10,13-17,20-21,28,30-31H,2-4,6-7H2,1H3,(H2,23,32)(H,25,33)(H,24,29,34)/t10?,13?,14?,15?,16-,17?,20?,21+/m0/s1. The van der Waals surface area contributed by atoms with Crippen molar-refractivity contribution in [1.82, 2.24) is 20.0 Å². The number of primary amides is 1. The third-order valence-electron chi connectivity index (χ3n) is 6.54. The summed E-state index contributed by atoms with van der Waals surface area (Å²) in [5.41, 5.74) is 6.62. The lowest BCUT2D eigenvalue weighted by molar-refractivity contribution is -0.241. The second-order valence-corrected chi connectivity index (χ2v) is 9.15. The number of rotatable bonds is 8. The van der Waals surface area contributed by atoms with E-state index in [1.165, 1.54) is 7.11 Å². The zero-order chi connectivity index (χ0) is 27.6. The number of aromatic nitrogens is 2. The van der Waals surface area contributed by atoms with Crippen LogP contribution in [0.5, 0.6) is 0 Å². The normalized spacial score (nSPS) is 32.7. The molecule has 0 aliphatic carbocycles. The average Bonchev–Trinajstić information content (AvgIpc) is 3.20. The van der Waals surface area contributed by atoms with Crippen LogP contribution in [0.25, 0.3) is 0 Å². The molecule has 7 N–H and O–H groups in total. The van der Waals surface area contributed by atoms with Crippen molar-refractivity contribution in [3.05, 3.63) is 44.9 Å². The van der Waals surface area contributed by atoms with Crippen LogP contribution in [0.15, 0.2) is 33.7 Å². The van der Waals surface area contributed by atoms with Crippen LogP contribution in [0.3, 0.4) is 0 Å². The third kappa shape index (κ3) is 5.80. The number of nitrogens with two attached hydrogens (primary N) is 1. The molecule has 1 aromatic heterocycles. The Morgan fingerprint density at radius 1 is 1.18 bits per heavy atom. The fourth-order valence-electron chi connectivity index (χ4n) is 4.59. The minimum Gasteiger partial charge on any atom is -0.456 e. The number of hydrazine groups is 1. The lowest BCUT2D eigenvalue weighted by Crippen LogP contribution is -2.54. The number of aromatic amines is 1. The van der Waals surface area contributed by atoms with Crippen LogP contribution < -0.4 is 22.4 Å². The first-order valence-electron chi connectivity index (χ1n) is 12.0. The third-order valence-corrected chi connectivity index (χ3v) is 6.54. The highest BCUT2D eigenvalue weighted by Gasteiger charge is 2.52. The Balaban J connectivity index is 1.52. The monoisotopic (exact) mass is 541 g/mol. The molecule has 38 heavy (non-hydrogen) atoms. The van der Waals surface area contributed by atoms with Gasteiger partial charge in [-0.25, -0.2) is 9.80 Å². The Bertz CT molecular complexity index is 1160. The van der Waals surface area contributed by atoms with E-state index in [0.717, 1.165) is 42.2 Å². The van der Waals surface area contributed by atoms with E-state index >= 15 is 0 Å². The van der Waals surface area contributed by atoms with E-state index < -0.39 is 72.2 Å². The van der Waals surface area contributed by atoms with Crippen molar-refractivity contribution in [2.45, 2.75) is 68.4 Å². The van der Waals surface area contributed by atoms with Gasteiger partial charge >= 0.3 is 11.6 Å². The van der Waals surface area contributed by atoms with Crippen molar-refractivity contribution < 1.29 is 43.9 Å². The largest absolute Gasteiger partial charge is 0.456 e. The summed E-state index contributed by atoms with van der Waals surface area (Å²) in [5, 5.41) is 33.2. The zero-order valence-electron chi connectivity index (χ0n) is 20.5. The van der Waals surface area contributed by atoms with E-state index in [9.17, 15) is 34.5 Å². The van der Waals surface area contributed by atoms with Gasteiger partial charge in [0.25, 0.3) is 5.56 Å². The van der Waals surface area contributed by atoms with E-state index in [0.29, 0.717) is 13.1 Å². The predicted octanol–water partition coefficient (Wildman–Crippen LogP) is -3.84. The van der Waals surface area contributed by atoms with Crippen molar-refractivity contribution in [3.63, 3.8) is 0 Å². The number of amides is 2. The molecule has 3 aliphatic rings. The van der Waals surface area contributed by atoms with Gasteiger partial charge in [0, 0.05) is 32.5 Å². The first kappa shape index (κ1) is 27.9. The van der Waals surface area contributed by atoms with Crippen LogP contribution >= 0.6 is 0 Å². The fraction of sp³-hybridized carbons (Fsp3) is 0.636. The molecule has 8 atom stereocenters. The summed E-state index contributed by atoms with van der Waals surface area (Å²) >= 11 is 0. The molecule has 16 heteroatoms. The van der Waals surface area contributed by atoms with Gasteiger partial charge in [-0.3, -0.25) is 29.4 Å². The first-order chi connectivity index (χ1) is 18.1. The van der Waals surface area contributed by atoms with Crippen molar-refractivity contribution in [1.29, 1.82) is 0 Å². The van der Waals surface area contributed by atoms with Crippen LogP contribution in [0.1, 0.15) is 25.5 Å². The number of nitrogens with one attached hydrogen (secondary N) is 2. The number of hydrogen-bond acceptors (Lipinski definition) is 12. The average molecular weight is 542 g/mol. The molecule has 0 spiro atoms. The molecule has 2 saturated heterocycles. The number of piperidine rings is 1. The van der Waals surface area contributed by atoms with Crippen molar-refractivity contribution in [2.24, 2.45) is 5.73 Å². The van der Waals surface area contributed by atoms with Gasteiger partial charge in [0.15, 0.2) is 18.1 Å². The van der Waals surface area contributed by atoms with Crippen molar-refractivity contribution in [2.75, 3.05) is 20.2 Å². The van der Waals surface area contributed by atoms with E-state index in [2.05, 4.69) is 5.43 Å². The fourth-order valence-corrected chi connectivity index (χ4v) is 4.59. The summed E-state index contributed by atoms with van der Waals surface area (Å²) in [7, 11) is 1.21. The molecular weight excluding hydrogens is 510 g/mol. The minimum atomic E-state index is -1.75. The van der Waals surface area contributed by atoms with Crippen molar-refractivity contribution in [3.8, 4) is 0 Å². The van der Waals surface area contributed by atoms with Gasteiger partial charge in [0.1, 0.15) is 30.5 Å². The maximum atomic E-state index is 12.7. The molecule has 210 valence electrons. The van der Waals surface area contributed by atoms with Gasteiger partial charge in [-0.15, -0.1) is 0 Å². The number of carbonyl (C=O) groups is 2. The number of carbonyl (C=O) groups excluding carboxylic acids is 2. The molecule has 4 heterocycles. The summed E-state index contributed by atoms with van der Waals surface area (Å²) < 4.78 is 23.0. The Morgan fingerprint density at radius 3 is 2.53 bits per heavy atom. The molecule has 3 aliphatic heterocycles. The van der Waals surface area contributed by atoms with Gasteiger partial charge in [-0.1, -0.05) is 6.42 Å². The smallest absolute Gasteiger partial charge is 0.330 e.